The van der Waals surface area contributed by atoms with E-state index in [1.807, 2.05) is 36.4 Å². The SMILES string of the molecule is C/C(=N\N=C(/[O-])c1cccs1)c1cc(Cl)ccc1[O-].C/C(=N\N=C(/[O-])c1cccs1)c1cc(Cl)ccc1[O-].[Zn+2].[Zn+2].c1ccncc1.c1ccncc1. The molecule has 0 radical (unpaired) electrons. The van der Waals surface area contributed by atoms with E-state index >= 15 is 0 Å². The number of benzene rings is 2. The van der Waals surface area contributed by atoms with E-state index in [0.717, 1.165) is 0 Å². The largest absolute Gasteiger partial charge is 2.00 e. The van der Waals surface area contributed by atoms with E-state index in [4.69, 9.17) is 23.2 Å². The molecular weight excluding hydrogens is 846 g/mol. The number of rotatable bonds is 6. The number of hydrogen-bond acceptors (Lipinski definition) is 12. The maximum Gasteiger partial charge on any atom is 2.00 e. The summed E-state index contributed by atoms with van der Waals surface area (Å²) < 4.78 is 0. The second-order valence-electron chi connectivity index (χ2n) is 9.47. The quantitative estimate of drug-likeness (QED) is 0.0840. The average molecular weight is 874 g/mol. The Hall–Kier alpha value is -4.15. The smallest absolute Gasteiger partial charge is 0.872 e. The molecule has 0 saturated heterocycles. The molecule has 52 heavy (non-hydrogen) atoms. The van der Waals surface area contributed by atoms with Crippen LogP contribution in [0.4, 0.5) is 0 Å². The molecule has 0 atom stereocenters. The van der Waals surface area contributed by atoms with Crippen molar-refractivity contribution in [3.8, 4) is 11.5 Å². The van der Waals surface area contributed by atoms with Crippen LogP contribution in [0.15, 0.2) is 153 Å². The second-order valence-corrected chi connectivity index (χ2v) is 12.2. The van der Waals surface area contributed by atoms with Gasteiger partial charge in [0.1, 0.15) is 0 Å². The van der Waals surface area contributed by atoms with E-state index in [0.29, 0.717) is 42.3 Å². The first kappa shape index (κ1) is 45.9. The van der Waals surface area contributed by atoms with Crippen molar-refractivity contribution in [3.05, 3.63) is 164 Å². The van der Waals surface area contributed by atoms with Gasteiger partial charge in [-0.1, -0.05) is 71.1 Å². The van der Waals surface area contributed by atoms with Gasteiger partial charge in [0, 0.05) is 56.4 Å². The summed E-state index contributed by atoms with van der Waals surface area (Å²) >= 11 is 14.2. The van der Waals surface area contributed by atoms with Crippen molar-refractivity contribution in [1.29, 1.82) is 0 Å². The summed E-state index contributed by atoms with van der Waals surface area (Å²) in [6.07, 6.45) is 7.00. The fourth-order valence-corrected chi connectivity index (χ4v) is 4.99. The molecule has 0 spiro atoms. The summed E-state index contributed by atoms with van der Waals surface area (Å²) in [5.74, 6) is -1.26. The molecule has 6 rings (SSSR count). The Bertz CT molecular complexity index is 1800. The Labute approximate surface area is 345 Å². The van der Waals surface area contributed by atoms with E-state index in [1.54, 1.807) is 73.7 Å². The van der Waals surface area contributed by atoms with Crippen LogP contribution in [0.1, 0.15) is 34.7 Å². The van der Waals surface area contributed by atoms with Crippen molar-refractivity contribution in [2.24, 2.45) is 20.4 Å². The van der Waals surface area contributed by atoms with Gasteiger partial charge in [0.2, 0.25) is 0 Å². The van der Waals surface area contributed by atoms with Gasteiger partial charge in [0.05, 0.1) is 11.4 Å². The zero-order chi connectivity index (χ0) is 36.1. The van der Waals surface area contributed by atoms with Crippen molar-refractivity contribution in [3.63, 3.8) is 0 Å². The van der Waals surface area contributed by atoms with Crippen LogP contribution < -0.4 is 20.4 Å². The minimum absolute atomic E-state index is 0. The number of aromatic nitrogens is 2. The van der Waals surface area contributed by atoms with Gasteiger partial charge in [-0.05, 0) is 96.4 Å². The predicted molar refractivity (Wildman–Crippen MR) is 196 cm³/mol. The summed E-state index contributed by atoms with van der Waals surface area (Å²) in [5, 5.41) is 65.7. The minimum atomic E-state index is -0.427. The van der Waals surface area contributed by atoms with E-state index in [9.17, 15) is 20.4 Å². The van der Waals surface area contributed by atoms with Crippen LogP contribution in [-0.2, 0) is 39.0 Å². The van der Waals surface area contributed by atoms with Gasteiger partial charge in [-0.3, -0.25) is 9.97 Å². The molecule has 256 valence electrons. The van der Waals surface area contributed by atoms with Crippen LogP contribution in [0, 0.1) is 0 Å². The van der Waals surface area contributed by atoms with Gasteiger partial charge in [-0.25, -0.2) is 0 Å². The standard InChI is InChI=1S/2C13H11ClN2O2S.2C5H5N.2Zn/c2*1-8(10-7-9(14)4-5-11(10)17)15-16-13(18)12-3-2-6-19-12;2*1-2-4-6-5-3-1;;/h2*2-7,17H,1H3,(H,16,18);2*1-5H;;/q;;;;2*+2/p-4/b2*15-8+;;;;. The first-order valence-electron chi connectivity index (χ1n) is 14.5. The monoisotopic (exact) mass is 870 g/mol. The van der Waals surface area contributed by atoms with Gasteiger partial charge in [-0.15, -0.1) is 22.7 Å². The molecule has 0 unspecified atom stereocenters. The summed E-state index contributed by atoms with van der Waals surface area (Å²) in [4.78, 5) is 8.58. The number of hydrogen-bond donors (Lipinski definition) is 0. The Morgan fingerprint density at radius 3 is 1.17 bits per heavy atom. The molecule has 0 fully saturated rings. The topological polar surface area (TPSA) is 167 Å². The van der Waals surface area contributed by atoms with Gasteiger partial charge >= 0.3 is 39.0 Å². The molecule has 0 saturated carbocycles. The third-order valence-electron chi connectivity index (χ3n) is 5.84. The average Bonchev–Trinajstić information content (AvgIpc) is 3.90. The molecule has 6 aromatic rings. The fourth-order valence-electron chi connectivity index (χ4n) is 3.44. The number of halogens is 2. The Morgan fingerprint density at radius 1 is 0.538 bits per heavy atom. The molecule has 0 aliphatic heterocycles. The molecule has 2 aromatic carbocycles. The van der Waals surface area contributed by atoms with Crippen molar-refractivity contribution < 1.29 is 59.4 Å². The van der Waals surface area contributed by atoms with E-state index in [2.05, 4.69) is 30.4 Å². The fraction of sp³-hybridized carbons (Fsp3) is 0.0556. The zero-order valence-electron chi connectivity index (χ0n) is 28.0. The van der Waals surface area contributed by atoms with Crippen LogP contribution in [0.25, 0.3) is 0 Å². The van der Waals surface area contributed by atoms with Crippen molar-refractivity contribution in [2.75, 3.05) is 0 Å². The van der Waals surface area contributed by atoms with Crippen LogP contribution in [0.2, 0.25) is 10.0 Å². The molecular formula is C36H28Cl2N6O4S2Zn2. The Balaban J connectivity index is 0.000000383. The van der Waals surface area contributed by atoms with Crippen LogP contribution in [0.5, 0.6) is 11.5 Å². The summed E-state index contributed by atoms with van der Waals surface area (Å²) in [6.45, 7) is 3.22. The van der Waals surface area contributed by atoms with Crippen molar-refractivity contribution in [1.82, 2.24) is 9.97 Å². The summed E-state index contributed by atoms with van der Waals surface area (Å²) in [7, 11) is 0. The maximum atomic E-state index is 11.6. The second kappa shape index (κ2) is 25.7. The van der Waals surface area contributed by atoms with Crippen molar-refractivity contribution in [2.45, 2.75) is 13.8 Å². The third-order valence-corrected chi connectivity index (χ3v) is 8.03. The van der Waals surface area contributed by atoms with E-state index in [1.165, 1.54) is 59.1 Å². The maximum absolute atomic E-state index is 11.6. The molecule has 4 aromatic heterocycles. The van der Waals surface area contributed by atoms with Gasteiger partial charge in [0.15, 0.2) is 0 Å². The molecule has 4 heterocycles. The first-order chi connectivity index (χ1) is 24.2. The minimum Gasteiger partial charge on any atom is -0.872 e. The zero-order valence-corrected chi connectivity index (χ0v) is 37.1. The summed E-state index contributed by atoms with van der Waals surface area (Å²) in [5.41, 5.74) is 1.40. The molecule has 0 amide bonds. The Kier molecular flexibility index (Phi) is 22.7. The molecule has 16 heteroatoms. The third kappa shape index (κ3) is 16.9. The molecule has 0 bridgehead atoms. The summed E-state index contributed by atoms with van der Waals surface area (Å²) in [6, 6.07) is 27.0. The van der Waals surface area contributed by atoms with Gasteiger partial charge in [0.25, 0.3) is 0 Å². The molecule has 0 aliphatic carbocycles. The van der Waals surface area contributed by atoms with Gasteiger partial charge < -0.3 is 20.4 Å². The molecule has 10 nitrogen and oxygen atoms in total. The molecule has 0 aliphatic rings. The van der Waals surface area contributed by atoms with Crippen LogP contribution >= 0.6 is 45.9 Å². The number of thiophene rings is 2. The van der Waals surface area contributed by atoms with Crippen LogP contribution in [-0.4, -0.2) is 33.2 Å². The first-order valence-corrected chi connectivity index (χ1v) is 17.0. The predicted octanol–water partition coefficient (Wildman–Crippen LogP) is 6.17. The number of pyridine rings is 2. The number of nitrogens with zero attached hydrogens (tertiary/aromatic N) is 6. The van der Waals surface area contributed by atoms with Gasteiger partial charge in [-0.2, -0.15) is 20.4 Å². The van der Waals surface area contributed by atoms with E-state index < -0.39 is 11.8 Å². The van der Waals surface area contributed by atoms with Crippen LogP contribution in [0.3, 0.4) is 0 Å². The normalized spacial score (nSPS) is 11.2. The molecule has 0 N–H and O–H groups in total. The van der Waals surface area contributed by atoms with Crippen molar-refractivity contribution >= 4 is 69.1 Å². The Morgan fingerprint density at radius 2 is 0.904 bits per heavy atom. The van der Waals surface area contributed by atoms with E-state index in [-0.39, 0.29) is 50.5 Å².